The summed E-state index contributed by atoms with van der Waals surface area (Å²) in [4.78, 5) is 22.5. The van der Waals surface area contributed by atoms with Gasteiger partial charge in [-0.15, -0.1) is 0 Å². The molecule has 0 aliphatic rings. The molecule has 8 heteroatoms. The minimum Gasteiger partial charge on any atom is -0.480 e. The third-order valence-corrected chi connectivity index (χ3v) is 4.35. The van der Waals surface area contributed by atoms with Crippen LogP contribution >= 0.6 is 0 Å². The molecular weight excluding hydrogens is 310 g/mol. The number of ether oxygens (including phenoxy) is 1. The molecule has 7 nitrogen and oxygen atoms in total. The zero-order valence-electron chi connectivity index (χ0n) is 12.6. The molecule has 0 amide bonds. The van der Waals surface area contributed by atoms with Gasteiger partial charge < -0.3 is 9.84 Å². The SMILES string of the molecule is CCOC(=O)c1ccc(S(=O)(=O)N[C@H](C(=O)O)C(C)C)cc1. The molecule has 0 radical (unpaired) electrons. The van der Waals surface area contributed by atoms with Crippen LogP contribution in [0.15, 0.2) is 29.2 Å². The van der Waals surface area contributed by atoms with Crippen molar-refractivity contribution in [3.63, 3.8) is 0 Å². The number of carboxylic acid groups (broad SMARTS) is 1. The fourth-order valence-corrected chi connectivity index (χ4v) is 3.03. The van der Waals surface area contributed by atoms with Crippen LogP contribution in [-0.4, -0.2) is 38.1 Å². The van der Waals surface area contributed by atoms with E-state index in [2.05, 4.69) is 4.72 Å². The van der Waals surface area contributed by atoms with Crippen molar-refractivity contribution in [1.29, 1.82) is 0 Å². The van der Waals surface area contributed by atoms with Gasteiger partial charge in [0.2, 0.25) is 10.0 Å². The van der Waals surface area contributed by atoms with E-state index in [0.717, 1.165) is 0 Å². The molecule has 0 fully saturated rings. The second-order valence-electron chi connectivity index (χ2n) is 4.93. The van der Waals surface area contributed by atoms with Crippen molar-refractivity contribution in [1.82, 2.24) is 4.72 Å². The van der Waals surface area contributed by atoms with Crippen molar-refractivity contribution in [3.05, 3.63) is 29.8 Å². The highest BCUT2D eigenvalue weighted by Gasteiger charge is 2.28. The fraction of sp³-hybridized carbons (Fsp3) is 0.429. The average Bonchev–Trinajstić information content (AvgIpc) is 2.44. The van der Waals surface area contributed by atoms with Crippen LogP contribution in [0.25, 0.3) is 0 Å². The first-order valence-electron chi connectivity index (χ1n) is 6.71. The third kappa shape index (κ3) is 4.54. The van der Waals surface area contributed by atoms with E-state index in [1.165, 1.54) is 24.3 Å². The van der Waals surface area contributed by atoms with Gasteiger partial charge in [0.1, 0.15) is 6.04 Å². The molecule has 0 spiro atoms. The Labute approximate surface area is 129 Å². The zero-order valence-corrected chi connectivity index (χ0v) is 13.4. The van der Waals surface area contributed by atoms with Gasteiger partial charge in [-0.05, 0) is 37.1 Å². The Morgan fingerprint density at radius 2 is 1.77 bits per heavy atom. The number of aliphatic carboxylic acids is 1. The number of carboxylic acids is 1. The van der Waals surface area contributed by atoms with Crippen molar-refractivity contribution >= 4 is 22.0 Å². The van der Waals surface area contributed by atoms with E-state index < -0.39 is 33.9 Å². The van der Waals surface area contributed by atoms with Gasteiger partial charge in [-0.3, -0.25) is 4.79 Å². The predicted octanol–water partition coefficient (Wildman–Crippen LogP) is 1.25. The van der Waals surface area contributed by atoms with E-state index in [-0.39, 0.29) is 17.1 Å². The number of benzene rings is 1. The minimum absolute atomic E-state index is 0.118. The molecule has 0 heterocycles. The molecule has 0 saturated heterocycles. The van der Waals surface area contributed by atoms with Gasteiger partial charge in [0.25, 0.3) is 0 Å². The van der Waals surface area contributed by atoms with E-state index in [0.29, 0.717) is 0 Å². The van der Waals surface area contributed by atoms with Crippen LogP contribution in [0, 0.1) is 5.92 Å². The summed E-state index contributed by atoms with van der Waals surface area (Å²) in [7, 11) is -3.99. The molecule has 1 aromatic rings. The maximum atomic E-state index is 12.2. The normalized spacial score (nSPS) is 12.9. The molecule has 1 atom stereocenters. The number of carbonyl (C=O) groups excluding carboxylic acids is 1. The quantitative estimate of drug-likeness (QED) is 0.729. The average molecular weight is 329 g/mol. The number of carbonyl (C=O) groups is 2. The van der Waals surface area contributed by atoms with Gasteiger partial charge in [0, 0.05) is 0 Å². The lowest BCUT2D eigenvalue weighted by molar-refractivity contribution is -0.140. The molecule has 2 N–H and O–H groups in total. The number of sulfonamides is 1. The molecule has 0 aliphatic carbocycles. The molecular formula is C14H19NO6S. The summed E-state index contributed by atoms with van der Waals surface area (Å²) >= 11 is 0. The van der Waals surface area contributed by atoms with Crippen molar-refractivity contribution in [2.24, 2.45) is 5.92 Å². The van der Waals surface area contributed by atoms with E-state index in [4.69, 9.17) is 9.84 Å². The smallest absolute Gasteiger partial charge is 0.338 e. The van der Waals surface area contributed by atoms with Gasteiger partial charge in [0.15, 0.2) is 0 Å². The van der Waals surface area contributed by atoms with Crippen molar-refractivity contribution in [2.75, 3.05) is 6.61 Å². The standard InChI is InChI=1S/C14H19NO6S/c1-4-21-14(18)10-5-7-11(8-6-10)22(19,20)15-12(9(2)3)13(16)17/h5-9,12,15H,4H2,1-3H3,(H,16,17)/t12-/m0/s1. The molecule has 1 aromatic carbocycles. The summed E-state index contributed by atoms with van der Waals surface area (Å²) in [5, 5.41) is 9.04. The molecule has 0 saturated carbocycles. The molecule has 22 heavy (non-hydrogen) atoms. The lowest BCUT2D eigenvalue weighted by atomic mass is 10.1. The number of nitrogens with one attached hydrogen (secondary N) is 1. The fourth-order valence-electron chi connectivity index (χ4n) is 1.69. The monoisotopic (exact) mass is 329 g/mol. The van der Waals surface area contributed by atoms with Gasteiger partial charge in [-0.25, -0.2) is 13.2 Å². The number of esters is 1. The molecule has 0 aromatic heterocycles. The van der Waals surface area contributed by atoms with Crippen LogP contribution in [0.1, 0.15) is 31.1 Å². The Kier molecular flexibility index (Phi) is 6.07. The van der Waals surface area contributed by atoms with Gasteiger partial charge in [0.05, 0.1) is 17.1 Å². The lowest BCUT2D eigenvalue weighted by Crippen LogP contribution is -2.44. The summed E-state index contributed by atoms with van der Waals surface area (Å²) in [6.07, 6.45) is 0. The number of hydrogen-bond donors (Lipinski definition) is 2. The lowest BCUT2D eigenvalue weighted by Gasteiger charge is -2.18. The second kappa shape index (κ2) is 7.37. The Balaban J connectivity index is 2.99. The van der Waals surface area contributed by atoms with E-state index in [9.17, 15) is 18.0 Å². The van der Waals surface area contributed by atoms with Gasteiger partial charge in [-0.1, -0.05) is 13.8 Å². The maximum Gasteiger partial charge on any atom is 0.338 e. The summed E-state index contributed by atoms with van der Waals surface area (Å²) in [6.45, 7) is 5.09. The number of hydrogen-bond acceptors (Lipinski definition) is 5. The first-order valence-corrected chi connectivity index (χ1v) is 8.19. The molecule has 1 rings (SSSR count). The largest absolute Gasteiger partial charge is 0.480 e. The number of rotatable bonds is 7. The van der Waals surface area contributed by atoms with Crippen molar-refractivity contribution in [3.8, 4) is 0 Å². The second-order valence-corrected chi connectivity index (χ2v) is 6.64. The van der Waals surface area contributed by atoms with Crippen LogP contribution in [-0.2, 0) is 19.6 Å². The summed E-state index contributed by atoms with van der Waals surface area (Å²) in [5.74, 6) is -2.21. The van der Waals surface area contributed by atoms with E-state index >= 15 is 0 Å². The Bertz CT molecular complexity index is 636. The summed E-state index contributed by atoms with van der Waals surface area (Å²) in [5.41, 5.74) is 0.222. The van der Waals surface area contributed by atoms with E-state index in [1.54, 1.807) is 20.8 Å². The van der Waals surface area contributed by atoms with Crippen LogP contribution in [0.4, 0.5) is 0 Å². The molecule has 0 bridgehead atoms. The molecule has 122 valence electrons. The minimum atomic E-state index is -3.99. The summed E-state index contributed by atoms with van der Waals surface area (Å²) < 4.78 is 31.3. The van der Waals surface area contributed by atoms with E-state index in [1.807, 2.05) is 0 Å². The predicted molar refractivity (Wildman–Crippen MR) is 79.0 cm³/mol. The third-order valence-electron chi connectivity index (χ3n) is 2.89. The van der Waals surface area contributed by atoms with Crippen molar-refractivity contribution in [2.45, 2.75) is 31.7 Å². The van der Waals surface area contributed by atoms with Crippen LogP contribution in [0.2, 0.25) is 0 Å². The maximum absolute atomic E-state index is 12.2. The Morgan fingerprint density at radius 3 is 2.18 bits per heavy atom. The topological polar surface area (TPSA) is 110 Å². The molecule has 0 aliphatic heterocycles. The highest BCUT2D eigenvalue weighted by atomic mass is 32.2. The van der Waals surface area contributed by atoms with Crippen LogP contribution in [0.5, 0.6) is 0 Å². The summed E-state index contributed by atoms with van der Waals surface area (Å²) in [6, 6.07) is 3.87. The highest BCUT2D eigenvalue weighted by molar-refractivity contribution is 7.89. The Morgan fingerprint density at radius 1 is 1.23 bits per heavy atom. The van der Waals surface area contributed by atoms with Gasteiger partial charge in [-0.2, -0.15) is 4.72 Å². The first kappa shape index (κ1) is 18.1. The highest BCUT2D eigenvalue weighted by Crippen LogP contribution is 2.14. The Hall–Kier alpha value is -1.93. The van der Waals surface area contributed by atoms with Crippen LogP contribution < -0.4 is 4.72 Å². The molecule has 0 unspecified atom stereocenters. The zero-order chi connectivity index (χ0) is 16.9. The van der Waals surface area contributed by atoms with Crippen LogP contribution in [0.3, 0.4) is 0 Å². The first-order chi connectivity index (χ1) is 10.2. The van der Waals surface area contributed by atoms with Crippen molar-refractivity contribution < 1.29 is 27.9 Å². The van der Waals surface area contributed by atoms with Gasteiger partial charge >= 0.3 is 11.9 Å².